The number of nitrogens with zero attached hydrogens (tertiary/aromatic N) is 3. The van der Waals surface area contributed by atoms with Crippen molar-refractivity contribution in [2.75, 3.05) is 11.4 Å². The summed E-state index contributed by atoms with van der Waals surface area (Å²) in [4.78, 5) is 7.94. The second-order valence-electron chi connectivity index (χ2n) is 6.49. The van der Waals surface area contributed by atoms with Gasteiger partial charge < -0.3 is 4.74 Å². The topological polar surface area (TPSA) is 72.4 Å². The Hall–Kier alpha value is -2.89. The molecule has 12 heteroatoms. The monoisotopic (exact) mass is 499 g/mol. The largest absolute Gasteiger partial charge is 0.495 e. The Morgan fingerprint density at radius 1 is 1.06 bits per heavy atom. The van der Waals surface area contributed by atoms with Gasteiger partial charge in [0, 0.05) is 17.8 Å². The van der Waals surface area contributed by atoms with E-state index in [1.807, 2.05) is 0 Å². The SMILES string of the molecule is COc1cc(C(F)(F)F)ccc1N(c1ncc(Cl)s1)S(=O)(=O)c1ccc2cnccc2c1. The second-order valence-corrected chi connectivity index (χ2v) is 9.91. The number of sulfonamides is 1. The number of rotatable bonds is 5. The summed E-state index contributed by atoms with van der Waals surface area (Å²) in [6.07, 6.45) is -0.266. The molecule has 0 amide bonds. The van der Waals surface area contributed by atoms with Gasteiger partial charge in [-0.15, -0.1) is 0 Å². The van der Waals surface area contributed by atoms with E-state index in [1.54, 1.807) is 18.3 Å². The van der Waals surface area contributed by atoms with Crippen LogP contribution in [0.15, 0.2) is 66.0 Å². The summed E-state index contributed by atoms with van der Waals surface area (Å²) in [5, 5.41) is 1.29. The minimum atomic E-state index is -4.63. The molecule has 0 saturated heterocycles. The standard InChI is InChI=1S/C20H13ClF3N3O3S2/c1-30-17-9-14(20(22,23)24)3-5-16(17)27(19-26-11-18(21)31-19)32(28,29)15-4-2-13-10-25-7-6-12(13)8-15/h2-11H,1H3. The van der Waals surface area contributed by atoms with Crippen LogP contribution < -0.4 is 9.04 Å². The molecule has 166 valence electrons. The summed E-state index contributed by atoms with van der Waals surface area (Å²) in [6, 6.07) is 8.62. The van der Waals surface area contributed by atoms with Crippen LogP contribution in [-0.2, 0) is 16.2 Å². The minimum Gasteiger partial charge on any atom is -0.495 e. The molecule has 6 nitrogen and oxygen atoms in total. The zero-order valence-electron chi connectivity index (χ0n) is 16.2. The molecule has 2 aromatic heterocycles. The van der Waals surface area contributed by atoms with Crippen molar-refractivity contribution in [1.82, 2.24) is 9.97 Å². The zero-order valence-corrected chi connectivity index (χ0v) is 18.6. The minimum absolute atomic E-state index is 0.0529. The summed E-state index contributed by atoms with van der Waals surface area (Å²) in [5.74, 6) is -0.292. The highest BCUT2D eigenvalue weighted by molar-refractivity contribution is 7.93. The molecule has 0 fully saturated rings. The number of ether oxygens (including phenoxy) is 1. The maximum atomic E-state index is 13.7. The summed E-state index contributed by atoms with van der Waals surface area (Å²) in [7, 11) is -3.17. The lowest BCUT2D eigenvalue weighted by molar-refractivity contribution is -0.137. The number of methoxy groups -OCH3 is 1. The van der Waals surface area contributed by atoms with E-state index in [-0.39, 0.29) is 25.8 Å². The van der Waals surface area contributed by atoms with Crippen molar-refractivity contribution < 1.29 is 26.3 Å². The molecular weight excluding hydrogens is 487 g/mol. The van der Waals surface area contributed by atoms with Crippen molar-refractivity contribution >= 4 is 54.6 Å². The quantitative estimate of drug-likeness (QED) is 0.342. The van der Waals surface area contributed by atoms with E-state index in [0.717, 1.165) is 46.3 Å². The number of hydrogen-bond donors (Lipinski definition) is 0. The van der Waals surface area contributed by atoms with Gasteiger partial charge in [-0.1, -0.05) is 29.0 Å². The van der Waals surface area contributed by atoms with E-state index in [9.17, 15) is 21.6 Å². The first kappa shape index (κ1) is 22.3. The molecule has 2 heterocycles. The van der Waals surface area contributed by atoms with E-state index in [0.29, 0.717) is 5.39 Å². The third-order valence-electron chi connectivity index (χ3n) is 4.52. The normalized spacial score (nSPS) is 12.2. The Morgan fingerprint density at radius 3 is 2.50 bits per heavy atom. The first-order valence-corrected chi connectivity index (χ1v) is 11.5. The Bertz CT molecular complexity index is 1410. The van der Waals surface area contributed by atoms with Crippen LogP contribution in [0.5, 0.6) is 5.75 Å². The maximum absolute atomic E-state index is 13.7. The van der Waals surface area contributed by atoms with Crippen LogP contribution >= 0.6 is 22.9 Å². The van der Waals surface area contributed by atoms with Crippen molar-refractivity contribution in [3.63, 3.8) is 0 Å². The summed E-state index contributed by atoms with van der Waals surface area (Å²) >= 11 is 6.83. The molecule has 0 spiro atoms. The molecule has 0 saturated carbocycles. The van der Waals surface area contributed by atoms with Gasteiger partial charge in [0.2, 0.25) is 5.13 Å². The number of alkyl halides is 3. The van der Waals surface area contributed by atoms with Crippen molar-refractivity contribution in [1.29, 1.82) is 0 Å². The highest BCUT2D eigenvalue weighted by atomic mass is 35.5. The van der Waals surface area contributed by atoms with Crippen molar-refractivity contribution in [3.8, 4) is 5.75 Å². The van der Waals surface area contributed by atoms with Crippen LogP contribution in [0.3, 0.4) is 0 Å². The number of aromatic nitrogens is 2. The Balaban J connectivity index is 1.93. The smallest absolute Gasteiger partial charge is 0.416 e. The summed E-state index contributed by atoms with van der Waals surface area (Å²) < 4.78 is 73.1. The Labute approximate surface area is 189 Å². The number of hydrogen-bond acceptors (Lipinski definition) is 6. The first-order chi connectivity index (χ1) is 15.1. The fourth-order valence-electron chi connectivity index (χ4n) is 3.02. The highest BCUT2D eigenvalue weighted by Gasteiger charge is 2.35. The van der Waals surface area contributed by atoms with Crippen LogP contribution in [0.4, 0.5) is 24.0 Å². The predicted octanol–water partition coefficient (Wildman–Crippen LogP) is 5.90. The van der Waals surface area contributed by atoms with Gasteiger partial charge in [0.25, 0.3) is 10.0 Å². The van der Waals surface area contributed by atoms with Crippen LogP contribution in [0.2, 0.25) is 4.34 Å². The second kappa shape index (κ2) is 8.23. The number of fused-ring (bicyclic) bond motifs is 1. The Kier molecular flexibility index (Phi) is 5.74. The van der Waals surface area contributed by atoms with Crippen LogP contribution in [0.25, 0.3) is 10.8 Å². The molecule has 4 rings (SSSR count). The van der Waals surface area contributed by atoms with Crippen LogP contribution in [0.1, 0.15) is 5.56 Å². The molecule has 0 N–H and O–H groups in total. The lowest BCUT2D eigenvalue weighted by Gasteiger charge is -2.24. The predicted molar refractivity (Wildman–Crippen MR) is 116 cm³/mol. The van der Waals surface area contributed by atoms with Crippen molar-refractivity contribution in [2.45, 2.75) is 11.1 Å². The van der Waals surface area contributed by atoms with Crippen LogP contribution in [-0.4, -0.2) is 25.5 Å². The van der Waals surface area contributed by atoms with Crippen LogP contribution in [0, 0.1) is 0 Å². The number of benzene rings is 2. The number of halogens is 4. The molecule has 0 radical (unpaired) electrons. The molecule has 0 aliphatic rings. The van der Waals surface area contributed by atoms with E-state index in [4.69, 9.17) is 16.3 Å². The summed E-state index contributed by atoms with van der Waals surface area (Å²) in [5.41, 5.74) is -1.12. The average molecular weight is 500 g/mol. The fraction of sp³-hybridized carbons (Fsp3) is 0.100. The number of anilines is 2. The van der Waals surface area contributed by atoms with Gasteiger partial charge in [-0.2, -0.15) is 13.2 Å². The zero-order chi connectivity index (χ0) is 23.1. The van der Waals surface area contributed by atoms with Crippen molar-refractivity contribution in [2.24, 2.45) is 0 Å². The van der Waals surface area contributed by atoms with Gasteiger partial charge in [0.15, 0.2) is 0 Å². The van der Waals surface area contributed by atoms with Gasteiger partial charge in [-0.05, 0) is 41.8 Å². The molecular formula is C20H13ClF3N3O3S2. The summed E-state index contributed by atoms with van der Waals surface area (Å²) in [6.45, 7) is 0. The van der Waals surface area contributed by atoms with Gasteiger partial charge >= 0.3 is 6.18 Å². The average Bonchev–Trinajstić information content (AvgIpc) is 3.18. The van der Waals surface area contributed by atoms with Crippen molar-refractivity contribution in [3.05, 3.63) is 71.0 Å². The molecule has 0 aliphatic carbocycles. The molecule has 0 aliphatic heterocycles. The Morgan fingerprint density at radius 2 is 1.84 bits per heavy atom. The molecule has 2 aromatic carbocycles. The molecule has 32 heavy (non-hydrogen) atoms. The van der Waals surface area contributed by atoms with E-state index in [2.05, 4.69) is 9.97 Å². The van der Waals surface area contributed by atoms with Gasteiger partial charge in [-0.3, -0.25) is 4.98 Å². The molecule has 0 atom stereocenters. The molecule has 0 bridgehead atoms. The molecule has 4 aromatic rings. The third kappa shape index (κ3) is 4.10. The third-order valence-corrected chi connectivity index (χ3v) is 7.43. The number of pyridine rings is 1. The van der Waals surface area contributed by atoms with E-state index >= 15 is 0 Å². The lowest BCUT2D eigenvalue weighted by atomic mass is 10.2. The van der Waals surface area contributed by atoms with Gasteiger partial charge in [0.1, 0.15) is 15.8 Å². The van der Waals surface area contributed by atoms with E-state index < -0.39 is 21.8 Å². The highest BCUT2D eigenvalue weighted by Crippen LogP contribution is 2.43. The van der Waals surface area contributed by atoms with E-state index in [1.165, 1.54) is 24.5 Å². The molecule has 0 unspecified atom stereocenters. The lowest BCUT2D eigenvalue weighted by Crippen LogP contribution is -2.27. The van der Waals surface area contributed by atoms with Gasteiger partial charge in [0.05, 0.1) is 23.8 Å². The fourth-order valence-corrected chi connectivity index (χ4v) is 5.64. The first-order valence-electron chi connectivity index (χ1n) is 8.87. The number of thiazole rings is 1. The maximum Gasteiger partial charge on any atom is 0.416 e. The van der Waals surface area contributed by atoms with Gasteiger partial charge in [-0.25, -0.2) is 17.7 Å².